The Morgan fingerprint density at radius 3 is 2.80 bits per heavy atom. The second-order valence-electron chi connectivity index (χ2n) is 2.98. The molecule has 0 saturated carbocycles. The van der Waals surface area contributed by atoms with Crippen LogP contribution in [0.1, 0.15) is 0 Å². The molecule has 0 amide bonds. The summed E-state index contributed by atoms with van der Waals surface area (Å²) < 4.78 is 18.3. The number of nitrogens with one attached hydrogen (secondary N) is 1. The van der Waals surface area contributed by atoms with E-state index in [-0.39, 0.29) is 5.75 Å². The van der Waals surface area contributed by atoms with Gasteiger partial charge in [0.15, 0.2) is 11.6 Å². The maximum absolute atomic E-state index is 13.4. The van der Waals surface area contributed by atoms with E-state index in [9.17, 15) is 4.39 Å². The van der Waals surface area contributed by atoms with Crippen molar-refractivity contribution in [3.63, 3.8) is 0 Å². The fourth-order valence-electron chi connectivity index (χ4n) is 1.41. The van der Waals surface area contributed by atoms with E-state index >= 15 is 0 Å². The van der Waals surface area contributed by atoms with E-state index in [4.69, 9.17) is 4.74 Å². The number of nitrogens with zero attached hydrogens (tertiary/aromatic N) is 2. The van der Waals surface area contributed by atoms with Crippen LogP contribution in [0.5, 0.6) is 5.75 Å². The first-order valence-electron chi connectivity index (χ1n) is 4.42. The lowest BCUT2D eigenvalue weighted by Crippen LogP contribution is -1.96. The molecule has 0 saturated heterocycles. The van der Waals surface area contributed by atoms with Gasteiger partial charge >= 0.3 is 0 Å². The molecular weight excluding hydrogens is 197 g/mol. The molecule has 1 aromatic carbocycles. The lowest BCUT2D eigenvalue weighted by Gasteiger charge is -2.06. The van der Waals surface area contributed by atoms with Gasteiger partial charge in [0.25, 0.3) is 0 Å². The van der Waals surface area contributed by atoms with Crippen LogP contribution in [0.25, 0.3) is 10.9 Å². The minimum absolute atomic E-state index is 0.184. The van der Waals surface area contributed by atoms with E-state index in [1.165, 1.54) is 19.5 Å². The van der Waals surface area contributed by atoms with Gasteiger partial charge in [0.1, 0.15) is 12.1 Å². The molecule has 0 aliphatic rings. The second-order valence-corrected chi connectivity index (χ2v) is 2.98. The van der Waals surface area contributed by atoms with Crippen LogP contribution in [0.4, 0.5) is 10.2 Å². The van der Waals surface area contributed by atoms with Crippen LogP contribution in [0.15, 0.2) is 18.5 Å². The summed E-state index contributed by atoms with van der Waals surface area (Å²) in [5.74, 6) is 0.362. The zero-order valence-corrected chi connectivity index (χ0v) is 8.41. The van der Waals surface area contributed by atoms with Crippen molar-refractivity contribution in [2.24, 2.45) is 0 Å². The van der Waals surface area contributed by atoms with Crippen molar-refractivity contribution < 1.29 is 9.13 Å². The maximum Gasteiger partial charge on any atom is 0.165 e. The predicted molar refractivity (Wildman–Crippen MR) is 55.6 cm³/mol. The van der Waals surface area contributed by atoms with Gasteiger partial charge in [0, 0.05) is 18.5 Å². The first-order chi connectivity index (χ1) is 7.26. The van der Waals surface area contributed by atoms with Crippen molar-refractivity contribution in [3.8, 4) is 5.75 Å². The average molecular weight is 207 g/mol. The summed E-state index contributed by atoms with van der Waals surface area (Å²) in [5, 5.41) is 3.51. The third kappa shape index (κ3) is 1.56. The fraction of sp³-hybridized carbons (Fsp3) is 0.200. The quantitative estimate of drug-likeness (QED) is 0.815. The molecule has 0 aliphatic carbocycles. The largest absolute Gasteiger partial charge is 0.494 e. The number of ether oxygens (including phenoxy) is 1. The summed E-state index contributed by atoms with van der Waals surface area (Å²) >= 11 is 0. The highest BCUT2D eigenvalue weighted by atomic mass is 19.1. The number of hydrogen-bond donors (Lipinski definition) is 1. The maximum atomic E-state index is 13.4. The Kier molecular flexibility index (Phi) is 2.37. The molecule has 0 bridgehead atoms. The second kappa shape index (κ2) is 3.68. The summed E-state index contributed by atoms with van der Waals surface area (Å²) in [6, 6.07) is 2.91. The molecule has 5 heteroatoms. The molecule has 15 heavy (non-hydrogen) atoms. The highest BCUT2D eigenvalue weighted by Gasteiger charge is 2.08. The molecule has 4 nitrogen and oxygen atoms in total. The Morgan fingerprint density at radius 2 is 2.13 bits per heavy atom. The molecule has 1 heterocycles. The van der Waals surface area contributed by atoms with Crippen molar-refractivity contribution in [2.45, 2.75) is 0 Å². The van der Waals surface area contributed by atoms with Crippen LogP contribution in [-0.2, 0) is 0 Å². The molecule has 2 aromatic rings. The Morgan fingerprint density at radius 1 is 1.33 bits per heavy atom. The van der Waals surface area contributed by atoms with E-state index in [0.29, 0.717) is 16.7 Å². The zero-order valence-electron chi connectivity index (χ0n) is 8.41. The van der Waals surface area contributed by atoms with Crippen LogP contribution < -0.4 is 10.1 Å². The Balaban J connectivity index is 2.74. The molecular formula is C10H10FN3O. The molecule has 0 fully saturated rings. The lowest BCUT2D eigenvalue weighted by atomic mass is 10.2. The normalized spacial score (nSPS) is 10.3. The van der Waals surface area contributed by atoms with E-state index in [1.807, 2.05) is 0 Å². The van der Waals surface area contributed by atoms with Crippen LogP contribution in [0.3, 0.4) is 0 Å². The molecule has 2 rings (SSSR count). The Labute approximate surface area is 86.1 Å². The number of methoxy groups -OCH3 is 1. The van der Waals surface area contributed by atoms with Gasteiger partial charge in [-0.3, -0.25) is 0 Å². The molecule has 78 valence electrons. The lowest BCUT2D eigenvalue weighted by molar-refractivity contribution is 0.387. The third-order valence-corrected chi connectivity index (χ3v) is 2.15. The van der Waals surface area contributed by atoms with Crippen LogP contribution in [0.2, 0.25) is 0 Å². The van der Waals surface area contributed by atoms with Gasteiger partial charge < -0.3 is 10.1 Å². The number of benzene rings is 1. The van der Waals surface area contributed by atoms with Gasteiger partial charge in [-0.2, -0.15) is 0 Å². The number of hydrogen-bond acceptors (Lipinski definition) is 4. The van der Waals surface area contributed by atoms with Gasteiger partial charge in [-0.25, -0.2) is 14.4 Å². The minimum atomic E-state index is -0.420. The minimum Gasteiger partial charge on any atom is -0.494 e. The highest BCUT2D eigenvalue weighted by Crippen LogP contribution is 2.26. The van der Waals surface area contributed by atoms with Gasteiger partial charge in [-0.1, -0.05) is 0 Å². The molecule has 1 N–H and O–H groups in total. The van der Waals surface area contributed by atoms with Crippen molar-refractivity contribution >= 4 is 16.7 Å². The number of aromatic nitrogens is 2. The fourth-order valence-corrected chi connectivity index (χ4v) is 1.41. The van der Waals surface area contributed by atoms with Gasteiger partial charge in [-0.05, 0) is 6.07 Å². The Hall–Kier alpha value is -1.91. The number of halogens is 1. The van der Waals surface area contributed by atoms with E-state index in [2.05, 4.69) is 15.3 Å². The predicted octanol–water partition coefficient (Wildman–Crippen LogP) is 1.82. The summed E-state index contributed by atoms with van der Waals surface area (Å²) in [5.41, 5.74) is 0.646. The van der Waals surface area contributed by atoms with Crippen LogP contribution in [0, 0.1) is 5.82 Å². The summed E-state index contributed by atoms with van der Waals surface area (Å²) in [6.45, 7) is 0. The SMILES string of the molecule is CNc1ncnc2cc(OC)c(F)cc12. The van der Waals surface area contributed by atoms with E-state index in [1.54, 1.807) is 13.1 Å². The molecule has 0 spiro atoms. The molecule has 0 unspecified atom stereocenters. The van der Waals surface area contributed by atoms with Crippen molar-refractivity contribution in [2.75, 3.05) is 19.5 Å². The van der Waals surface area contributed by atoms with Gasteiger partial charge in [0.2, 0.25) is 0 Å². The summed E-state index contributed by atoms with van der Waals surface area (Å²) in [7, 11) is 3.15. The number of anilines is 1. The molecule has 1 aromatic heterocycles. The van der Waals surface area contributed by atoms with Gasteiger partial charge in [-0.15, -0.1) is 0 Å². The molecule has 0 atom stereocenters. The standard InChI is InChI=1S/C10H10FN3O/c1-12-10-6-3-7(11)9(15-2)4-8(6)13-5-14-10/h3-5H,1-2H3,(H,12,13,14). The summed E-state index contributed by atoms with van der Waals surface area (Å²) in [4.78, 5) is 8.03. The number of rotatable bonds is 2. The number of fused-ring (bicyclic) bond motifs is 1. The first kappa shape index (κ1) is 9.64. The van der Waals surface area contributed by atoms with E-state index < -0.39 is 5.82 Å². The first-order valence-corrected chi connectivity index (χ1v) is 4.42. The molecule has 0 aliphatic heterocycles. The summed E-state index contributed by atoms with van der Waals surface area (Å²) in [6.07, 6.45) is 1.42. The van der Waals surface area contributed by atoms with Crippen molar-refractivity contribution in [1.82, 2.24) is 9.97 Å². The molecule has 0 radical (unpaired) electrons. The highest BCUT2D eigenvalue weighted by molar-refractivity contribution is 5.89. The Bertz CT molecular complexity index is 501. The third-order valence-electron chi connectivity index (χ3n) is 2.15. The monoisotopic (exact) mass is 207 g/mol. The van der Waals surface area contributed by atoms with Gasteiger partial charge in [0.05, 0.1) is 12.6 Å². The van der Waals surface area contributed by atoms with Crippen molar-refractivity contribution in [3.05, 3.63) is 24.3 Å². The zero-order chi connectivity index (χ0) is 10.8. The van der Waals surface area contributed by atoms with Crippen LogP contribution in [-0.4, -0.2) is 24.1 Å². The average Bonchev–Trinajstić information content (AvgIpc) is 2.27. The smallest absolute Gasteiger partial charge is 0.165 e. The van der Waals surface area contributed by atoms with E-state index in [0.717, 1.165) is 0 Å². The van der Waals surface area contributed by atoms with Crippen molar-refractivity contribution in [1.29, 1.82) is 0 Å². The van der Waals surface area contributed by atoms with Crippen LogP contribution >= 0.6 is 0 Å². The topological polar surface area (TPSA) is 47.0 Å².